The Hall–Kier alpha value is -2.22. The molecule has 2 heterocycles. The Morgan fingerprint density at radius 1 is 1.26 bits per heavy atom. The molecule has 122 valence electrons. The Balaban J connectivity index is 1.87. The maximum absolute atomic E-state index is 13.7. The molecular formula is C15H13F4N3O. The number of aromatic nitrogens is 2. The molecule has 0 atom stereocenters. The highest BCUT2D eigenvalue weighted by molar-refractivity contribution is 5.23. The first-order chi connectivity index (χ1) is 10.8. The fourth-order valence-corrected chi connectivity index (χ4v) is 2.63. The fourth-order valence-electron chi connectivity index (χ4n) is 2.63. The van der Waals surface area contributed by atoms with Crippen LogP contribution in [0, 0.1) is 5.82 Å². The summed E-state index contributed by atoms with van der Waals surface area (Å²) in [5.74, 6) is -1.66. The van der Waals surface area contributed by atoms with Gasteiger partial charge in [0.05, 0.1) is 5.69 Å². The lowest BCUT2D eigenvalue weighted by Gasteiger charge is -2.28. The zero-order valence-corrected chi connectivity index (χ0v) is 12.0. The van der Waals surface area contributed by atoms with Crippen LogP contribution in [0.5, 0.6) is 0 Å². The molecule has 0 saturated heterocycles. The molecule has 8 heteroatoms. The van der Waals surface area contributed by atoms with Gasteiger partial charge in [0, 0.05) is 30.8 Å². The summed E-state index contributed by atoms with van der Waals surface area (Å²) in [6.07, 6.45) is -4.42. The normalized spacial score (nSPS) is 15.5. The van der Waals surface area contributed by atoms with Gasteiger partial charge in [-0.15, -0.1) is 0 Å². The van der Waals surface area contributed by atoms with Crippen molar-refractivity contribution in [3.8, 4) is 0 Å². The lowest BCUT2D eigenvalue weighted by atomic mass is 10.1. The van der Waals surface area contributed by atoms with Crippen molar-refractivity contribution in [2.75, 3.05) is 6.54 Å². The van der Waals surface area contributed by atoms with Gasteiger partial charge in [-0.1, -0.05) is 18.2 Å². The second-order valence-corrected chi connectivity index (χ2v) is 5.39. The van der Waals surface area contributed by atoms with E-state index in [1.165, 1.54) is 6.07 Å². The number of benzene rings is 1. The Kier molecular flexibility index (Phi) is 3.93. The molecule has 4 nitrogen and oxygen atoms in total. The highest BCUT2D eigenvalue weighted by atomic mass is 19.4. The van der Waals surface area contributed by atoms with Crippen molar-refractivity contribution >= 4 is 0 Å². The van der Waals surface area contributed by atoms with Gasteiger partial charge in [0.15, 0.2) is 0 Å². The van der Waals surface area contributed by atoms with E-state index in [-0.39, 0.29) is 36.6 Å². The number of halogens is 4. The molecule has 1 aromatic carbocycles. The van der Waals surface area contributed by atoms with Crippen molar-refractivity contribution in [3.63, 3.8) is 0 Å². The quantitative estimate of drug-likeness (QED) is 0.862. The van der Waals surface area contributed by atoms with E-state index in [4.69, 9.17) is 0 Å². The van der Waals surface area contributed by atoms with Crippen LogP contribution in [0.3, 0.4) is 0 Å². The summed E-state index contributed by atoms with van der Waals surface area (Å²) in [7, 11) is 0. The molecule has 0 unspecified atom stereocenters. The Labute approximate surface area is 128 Å². The molecule has 0 bridgehead atoms. The molecule has 3 rings (SSSR count). The summed E-state index contributed by atoms with van der Waals surface area (Å²) >= 11 is 0. The Morgan fingerprint density at radius 2 is 2.00 bits per heavy atom. The predicted octanol–water partition coefficient (Wildman–Crippen LogP) is 2.49. The summed E-state index contributed by atoms with van der Waals surface area (Å²) in [6, 6.07) is 6.22. The van der Waals surface area contributed by atoms with E-state index < -0.39 is 17.6 Å². The number of rotatable bonds is 2. The fraction of sp³-hybridized carbons (Fsp3) is 0.333. The van der Waals surface area contributed by atoms with Crippen LogP contribution in [0.15, 0.2) is 29.1 Å². The first-order valence-electron chi connectivity index (χ1n) is 6.99. The van der Waals surface area contributed by atoms with E-state index in [0.29, 0.717) is 12.1 Å². The monoisotopic (exact) mass is 327 g/mol. The molecule has 2 aromatic rings. The van der Waals surface area contributed by atoms with Crippen LogP contribution in [-0.2, 0) is 25.7 Å². The van der Waals surface area contributed by atoms with Gasteiger partial charge in [-0.05, 0) is 12.5 Å². The summed E-state index contributed by atoms with van der Waals surface area (Å²) < 4.78 is 51.9. The molecule has 1 N–H and O–H groups in total. The maximum Gasteiger partial charge on any atom is 0.449 e. The first kappa shape index (κ1) is 15.7. The Bertz CT molecular complexity index is 785. The zero-order chi connectivity index (χ0) is 16.6. The molecule has 23 heavy (non-hydrogen) atoms. The predicted molar refractivity (Wildman–Crippen MR) is 74.1 cm³/mol. The second-order valence-electron chi connectivity index (χ2n) is 5.39. The van der Waals surface area contributed by atoms with Gasteiger partial charge in [-0.3, -0.25) is 9.69 Å². The summed E-state index contributed by atoms with van der Waals surface area (Å²) in [5, 5.41) is 0. The molecule has 0 amide bonds. The molecule has 1 aromatic heterocycles. The third-order valence-corrected chi connectivity index (χ3v) is 3.77. The Morgan fingerprint density at radius 3 is 2.70 bits per heavy atom. The van der Waals surface area contributed by atoms with Crippen LogP contribution in [0.1, 0.15) is 22.6 Å². The first-order valence-corrected chi connectivity index (χ1v) is 6.99. The number of aromatic amines is 1. The number of nitrogens with zero attached hydrogens (tertiary/aromatic N) is 2. The van der Waals surface area contributed by atoms with E-state index in [9.17, 15) is 22.4 Å². The van der Waals surface area contributed by atoms with Crippen molar-refractivity contribution in [3.05, 3.63) is 63.1 Å². The summed E-state index contributed by atoms with van der Waals surface area (Å²) in [5.41, 5.74) is 0.0659. The van der Waals surface area contributed by atoms with E-state index in [2.05, 4.69) is 4.98 Å². The molecule has 1 aliphatic rings. The van der Waals surface area contributed by atoms with Crippen LogP contribution >= 0.6 is 0 Å². The van der Waals surface area contributed by atoms with E-state index in [1.54, 1.807) is 28.1 Å². The lowest BCUT2D eigenvalue weighted by Crippen LogP contribution is -2.36. The van der Waals surface area contributed by atoms with Crippen molar-refractivity contribution < 1.29 is 17.6 Å². The van der Waals surface area contributed by atoms with Crippen LogP contribution in [-0.4, -0.2) is 21.4 Å². The minimum atomic E-state index is -4.71. The number of alkyl halides is 3. The van der Waals surface area contributed by atoms with Gasteiger partial charge >= 0.3 is 6.18 Å². The minimum absolute atomic E-state index is 0.0800. The van der Waals surface area contributed by atoms with Gasteiger partial charge in [0.25, 0.3) is 5.56 Å². The van der Waals surface area contributed by atoms with Crippen molar-refractivity contribution in [2.24, 2.45) is 0 Å². The summed E-state index contributed by atoms with van der Waals surface area (Å²) in [6.45, 7) is 0.788. The van der Waals surface area contributed by atoms with Crippen molar-refractivity contribution in [1.82, 2.24) is 14.9 Å². The third kappa shape index (κ3) is 3.26. The smallest absolute Gasteiger partial charge is 0.303 e. The number of hydrogen-bond acceptors (Lipinski definition) is 3. The lowest BCUT2D eigenvalue weighted by molar-refractivity contribution is -0.145. The number of hydrogen-bond donors (Lipinski definition) is 1. The van der Waals surface area contributed by atoms with Crippen molar-refractivity contribution in [2.45, 2.75) is 25.7 Å². The molecule has 1 aliphatic heterocycles. The van der Waals surface area contributed by atoms with E-state index >= 15 is 0 Å². The standard InChI is InChI=1S/C15H13F4N3O/c16-11-4-2-1-3-9(11)7-22-6-5-10-12(8-22)20-14(15(17,18)19)21-13(10)23/h1-4H,5-8H2,(H,20,21,23). The number of H-pyrrole nitrogens is 1. The highest BCUT2D eigenvalue weighted by Crippen LogP contribution is 2.27. The molecule has 0 spiro atoms. The molecule has 0 aliphatic carbocycles. The van der Waals surface area contributed by atoms with E-state index in [0.717, 1.165) is 0 Å². The SMILES string of the molecule is O=c1[nH]c(C(F)(F)F)nc2c1CCN(Cc1ccccc1F)C2. The third-order valence-electron chi connectivity index (χ3n) is 3.77. The molecule has 0 fully saturated rings. The van der Waals surface area contributed by atoms with Gasteiger partial charge < -0.3 is 4.98 Å². The van der Waals surface area contributed by atoms with Gasteiger partial charge in [-0.2, -0.15) is 13.2 Å². The second kappa shape index (κ2) is 5.77. The van der Waals surface area contributed by atoms with Crippen LogP contribution in [0.4, 0.5) is 17.6 Å². The van der Waals surface area contributed by atoms with Gasteiger partial charge in [-0.25, -0.2) is 9.37 Å². The van der Waals surface area contributed by atoms with E-state index in [1.807, 2.05) is 0 Å². The minimum Gasteiger partial charge on any atom is -0.303 e. The number of nitrogens with one attached hydrogen (secondary N) is 1. The average molecular weight is 327 g/mol. The van der Waals surface area contributed by atoms with Gasteiger partial charge in [0.2, 0.25) is 5.82 Å². The largest absolute Gasteiger partial charge is 0.449 e. The number of fused-ring (bicyclic) bond motifs is 1. The van der Waals surface area contributed by atoms with Crippen LogP contribution in [0.2, 0.25) is 0 Å². The molecule has 0 saturated carbocycles. The van der Waals surface area contributed by atoms with Crippen LogP contribution < -0.4 is 5.56 Å². The van der Waals surface area contributed by atoms with Crippen molar-refractivity contribution in [1.29, 1.82) is 0 Å². The van der Waals surface area contributed by atoms with Gasteiger partial charge in [0.1, 0.15) is 5.82 Å². The van der Waals surface area contributed by atoms with Crippen LogP contribution in [0.25, 0.3) is 0 Å². The maximum atomic E-state index is 13.7. The topological polar surface area (TPSA) is 49.0 Å². The summed E-state index contributed by atoms with van der Waals surface area (Å²) in [4.78, 5) is 18.9. The highest BCUT2D eigenvalue weighted by Gasteiger charge is 2.36. The molecule has 0 radical (unpaired) electrons. The zero-order valence-electron chi connectivity index (χ0n) is 12.0. The average Bonchev–Trinajstić information content (AvgIpc) is 2.48. The molecular weight excluding hydrogens is 314 g/mol.